The smallest absolute Gasteiger partial charge is 0.0682 e. The number of hydrogen-bond acceptors (Lipinski definition) is 4. The highest BCUT2D eigenvalue weighted by atomic mass is 16.5. The van der Waals surface area contributed by atoms with Crippen molar-refractivity contribution in [3.05, 3.63) is 23.8 Å². The lowest BCUT2D eigenvalue weighted by atomic mass is 10.0. The summed E-state index contributed by atoms with van der Waals surface area (Å²) in [7, 11) is 0. The molecule has 4 N–H and O–H groups in total. The molecule has 0 spiro atoms. The molecule has 1 aromatic carbocycles. The summed E-state index contributed by atoms with van der Waals surface area (Å²) in [5.74, 6) is 0.667. The van der Waals surface area contributed by atoms with E-state index < -0.39 is 0 Å². The van der Waals surface area contributed by atoms with Gasteiger partial charge in [0.15, 0.2) is 0 Å². The van der Waals surface area contributed by atoms with Gasteiger partial charge in [-0.15, -0.1) is 0 Å². The number of nitrogen functional groups attached to an aromatic ring is 1. The topological polar surface area (TPSA) is 67.5 Å². The lowest BCUT2D eigenvalue weighted by Crippen LogP contribution is -2.22. The third kappa shape index (κ3) is 3.35. The van der Waals surface area contributed by atoms with Crippen molar-refractivity contribution >= 4 is 11.4 Å². The fraction of sp³-hybridized carbons (Fsp3) is 0.538. The van der Waals surface area contributed by atoms with E-state index in [0.29, 0.717) is 11.6 Å². The van der Waals surface area contributed by atoms with Crippen molar-refractivity contribution < 1.29 is 9.84 Å². The van der Waals surface area contributed by atoms with Crippen LogP contribution in [0.25, 0.3) is 0 Å². The largest absolute Gasteiger partial charge is 0.397 e. The van der Waals surface area contributed by atoms with Crippen LogP contribution in [-0.2, 0) is 11.3 Å². The van der Waals surface area contributed by atoms with Crippen molar-refractivity contribution in [2.45, 2.75) is 19.4 Å². The monoisotopic (exact) mass is 236 g/mol. The molecule has 0 saturated carbocycles. The number of hydrogen-bond donors (Lipinski definition) is 3. The molecule has 0 unspecified atom stereocenters. The molecule has 4 heteroatoms. The van der Waals surface area contributed by atoms with Gasteiger partial charge in [0.1, 0.15) is 0 Å². The number of aliphatic hydroxyl groups excluding tert-OH is 1. The number of nitrogens with one attached hydrogen (secondary N) is 1. The molecule has 17 heavy (non-hydrogen) atoms. The summed E-state index contributed by atoms with van der Waals surface area (Å²) in [6.45, 7) is 2.70. The average molecular weight is 236 g/mol. The standard InChI is InChI=1S/C13H20N2O2/c14-12-7-11(9-16)1-2-13(12)15-8-10-3-5-17-6-4-10/h1-2,7,10,15-16H,3-6,8-9,14H2. The Hall–Kier alpha value is -1.26. The van der Waals surface area contributed by atoms with Crippen molar-refractivity contribution in [2.24, 2.45) is 5.92 Å². The molecule has 1 aliphatic heterocycles. The molecule has 1 aliphatic rings. The van der Waals surface area contributed by atoms with Gasteiger partial charge in [-0.25, -0.2) is 0 Å². The van der Waals surface area contributed by atoms with Gasteiger partial charge in [-0.2, -0.15) is 0 Å². The molecule has 1 heterocycles. The Balaban J connectivity index is 1.89. The molecule has 0 bridgehead atoms. The zero-order valence-electron chi connectivity index (χ0n) is 9.98. The van der Waals surface area contributed by atoms with Gasteiger partial charge in [0.2, 0.25) is 0 Å². The van der Waals surface area contributed by atoms with Gasteiger partial charge in [0.05, 0.1) is 18.0 Å². The van der Waals surface area contributed by atoms with Crippen molar-refractivity contribution in [1.29, 1.82) is 0 Å². The van der Waals surface area contributed by atoms with Gasteiger partial charge < -0.3 is 20.9 Å². The van der Waals surface area contributed by atoms with Crippen LogP contribution in [0.3, 0.4) is 0 Å². The van der Waals surface area contributed by atoms with Gasteiger partial charge in [-0.05, 0) is 36.5 Å². The summed E-state index contributed by atoms with van der Waals surface area (Å²) in [4.78, 5) is 0. The molecule has 94 valence electrons. The second-order valence-corrected chi connectivity index (χ2v) is 4.52. The highest BCUT2D eigenvalue weighted by Gasteiger charge is 2.13. The molecule has 0 aliphatic carbocycles. The lowest BCUT2D eigenvalue weighted by molar-refractivity contribution is 0.0699. The zero-order chi connectivity index (χ0) is 12.1. The minimum absolute atomic E-state index is 0.0322. The number of anilines is 2. The lowest BCUT2D eigenvalue weighted by Gasteiger charge is -2.23. The Kier molecular flexibility index (Phi) is 4.23. The van der Waals surface area contributed by atoms with Gasteiger partial charge in [-0.1, -0.05) is 6.07 Å². The summed E-state index contributed by atoms with van der Waals surface area (Å²) in [6.07, 6.45) is 2.23. The van der Waals surface area contributed by atoms with E-state index in [1.807, 2.05) is 18.2 Å². The zero-order valence-corrected chi connectivity index (χ0v) is 9.98. The Morgan fingerprint density at radius 1 is 1.35 bits per heavy atom. The maximum absolute atomic E-state index is 9.00. The first-order valence-corrected chi connectivity index (χ1v) is 6.10. The molecular weight excluding hydrogens is 216 g/mol. The van der Waals surface area contributed by atoms with Crippen molar-refractivity contribution in [1.82, 2.24) is 0 Å². The molecule has 4 nitrogen and oxygen atoms in total. The van der Waals surface area contributed by atoms with Crippen LogP contribution in [0.2, 0.25) is 0 Å². The van der Waals surface area contributed by atoms with E-state index in [2.05, 4.69) is 5.32 Å². The Bertz CT molecular complexity index is 362. The number of aliphatic hydroxyl groups is 1. The van der Waals surface area contributed by atoms with Crippen LogP contribution in [-0.4, -0.2) is 24.9 Å². The van der Waals surface area contributed by atoms with E-state index in [0.717, 1.165) is 43.9 Å². The number of ether oxygens (including phenoxy) is 1. The maximum atomic E-state index is 9.00. The second-order valence-electron chi connectivity index (χ2n) is 4.52. The van der Waals surface area contributed by atoms with E-state index in [9.17, 15) is 0 Å². The minimum atomic E-state index is 0.0322. The Labute approximate surface area is 102 Å². The van der Waals surface area contributed by atoms with Gasteiger partial charge in [0.25, 0.3) is 0 Å². The number of benzene rings is 1. The first-order valence-electron chi connectivity index (χ1n) is 6.10. The van der Waals surface area contributed by atoms with E-state index in [-0.39, 0.29) is 6.61 Å². The maximum Gasteiger partial charge on any atom is 0.0682 e. The predicted molar refractivity (Wildman–Crippen MR) is 68.8 cm³/mol. The van der Waals surface area contributed by atoms with Gasteiger partial charge >= 0.3 is 0 Å². The average Bonchev–Trinajstić information content (AvgIpc) is 2.38. The summed E-state index contributed by atoms with van der Waals surface area (Å²) >= 11 is 0. The first-order chi connectivity index (χ1) is 8.29. The van der Waals surface area contributed by atoms with Crippen LogP contribution in [0.5, 0.6) is 0 Å². The predicted octanol–water partition coefficient (Wildman–Crippen LogP) is 1.60. The van der Waals surface area contributed by atoms with E-state index in [1.54, 1.807) is 0 Å². The van der Waals surface area contributed by atoms with Crippen LogP contribution in [0, 0.1) is 5.92 Å². The van der Waals surface area contributed by atoms with Crippen molar-refractivity contribution in [2.75, 3.05) is 30.8 Å². The van der Waals surface area contributed by atoms with Crippen LogP contribution < -0.4 is 11.1 Å². The molecule has 0 aromatic heterocycles. The van der Waals surface area contributed by atoms with Crippen molar-refractivity contribution in [3.63, 3.8) is 0 Å². The highest BCUT2D eigenvalue weighted by Crippen LogP contribution is 2.22. The highest BCUT2D eigenvalue weighted by molar-refractivity contribution is 5.66. The summed E-state index contributed by atoms with van der Waals surface area (Å²) in [5.41, 5.74) is 8.41. The SMILES string of the molecule is Nc1cc(CO)ccc1NCC1CCOCC1. The summed E-state index contributed by atoms with van der Waals surface area (Å²) in [5, 5.41) is 12.4. The van der Waals surface area contributed by atoms with E-state index >= 15 is 0 Å². The molecular formula is C13H20N2O2. The quantitative estimate of drug-likeness (QED) is 0.695. The summed E-state index contributed by atoms with van der Waals surface area (Å²) < 4.78 is 5.33. The molecule has 2 rings (SSSR count). The second kappa shape index (κ2) is 5.89. The van der Waals surface area contributed by atoms with Gasteiger partial charge in [-0.3, -0.25) is 0 Å². The fourth-order valence-electron chi connectivity index (χ4n) is 2.08. The van der Waals surface area contributed by atoms with Crippen LogP contribution in [0.4, 0.5) is 11.4 Å². The Morgan fingerprint density at radius 3 is 2.76 bits per heavy atom. The fourth-order valence-corrected chi connectivity index (χ4v) is 2.08. The molecule has 0 atom stereocenters. The van der Waals surface area contributed by atoms with E-state index in [1.165, 1.54) is 0 Å². The van der Waals surface area contributed by atoms with Crippen LogP contribution in [0.1, 0.15) is 18.4 Å². The van der Waals surface area contributed by atoms with E-state index in [4.69, 9.17) is 15.6 Å². The Morgan fingerprint density at radius 2 is 2.12 bits per heavy atom. The van der Waals surface area contributed by atoms with Crippen molar-refractivity contribution in [3.8, 4) is 0 Å². The molecule has 1 aromatic rings. The number of nitrogens with two attached hydrogens (primary N) is 1. The number of rotatable bonds is 4. The normalized spacial score (nSPS) is 17.0. The third-order valence-corrected chi connectivity index (χ3v) is 3.22. The minimum Gasteiger partial charge on any atom is -0.397 e. The van der Waals surface area contributed by atoms with Crippen LogP contribution >= 0.6 is 0 Å². The molecule has 1 saturated heterocycles. The molecule has 0 radical (unpaired) electrons. The molecule has 0 amide bonds. The third-order valence-electron chi connectivity index (χ3n) is 3.22. The molecule has 1 fully saturated rings. The first kappa shape index (κ1) is 12.2. The van der Waals surface area contributed by atoms with Gasteiger partial charge in [0, 0.05) is 19.8 Å². The summed E-state index contributed by atoms with van der Waals surface area (Å²) in [6, 6.07) is 5.63. The van der Waals surface area contributed by atoms with Crippen LogP contribution in [0.15, 0.2) is 18.2 Å².